The first-order chi connectivity index (χ1) is 12.3. The fourth-order valence-electron chi connectivity index (χ4n) is 2.71. The van der Waals surface area contributed by atoms with Crippen LogP contribution in [0.2, 0.25) is 0 Å². The topological polar surface area (TPSA) is 60.7 Å². The van der Waals surface area contributed by atoms with Gasteiger partial charge in [0, 0.05) is 18.7 Å². The second kappa shape index (κ2) is 6.12. The van der Waals surface area contributed by atoms with Gasteiger partial charge in [0.15, 0.2) is 5.82 Å². The van der Waals surface area contributed by atoms with Crippen LogP contribution in [-0.2, 0) is 24.0 Å². The van der Waals surface area contributed by atoms with Gasteiger partial charge in [0.2, 0.25) is 0 Å². The summed E-state index contributed by atoms with van der Waals surface area (Å²) in [5, 5.41) is 1.40. The molecule has 1 atom stereocenters. The number of rotatable bonds is 4. The quantitative estimate of drug-likeness (QED) is 0.661. The number of hydrogen-bond acceptors (Lipinski definition) is 5. The second-order valence-corrected chi connectivity index (χ2v) is 8.83. The number of aromatic nitrogens is 4. The molecule has 1 saturated carbocycles. The minimum Gasteiger partial charge on any atom is -0.325 e. The zero-order valence-electron chi connectivity index (χ0n) is 14.0. The van der Waals surface area contributed by atoms with E-state index in [9.17, 15) is 17.4 Å². The Morgan fingerprint density at radius 2 is 2.08 bits per heavy atom. The van der Waals surface area contributed by atoms with Crippen molar-refractivity contribution in [3.8, 4) is 10.7 Å². The van der Waals surface area contributed by atoms with Gasteiger partial charge in [-0.25, -0.2) is 15.0 Å². The van der Waals surface area contributed by atoms with Crippen LogP contribution in [0.4, 0.5) is 13.2 Å². The van der Waals surface area contributed by atoms with Crippen LogP contribution in [0.5, 0.6) is 0 Å². The number of fused-ring (bicyclic) bond motifs is 1. The third kappa shape index (κ3) is 2.94. The molecule has 1 unspecified atom stereocenters. The summed E-state index contributed by atoms with van der Waals surface area (Å²) >= 11 is 1.44. The highest BCUT2D eigenvalue weighted by Crippen LogP contribution is 2.45. The molecule has 3 aromatic rings. The number of hydrogen-bond donors (Lipinski definition) is 0. The highest BCUT2D eigenvalue weighted by molar-refractivity contribution is 7.85. The van der Waals surface area contributed by atoms with E-state index < -0.39 is 22.7 Å². The number of aryl methyl sites for hydroxylation is 1. The van der Waals surface area contributed by atoms with E-state index in [0.29, 0.717) is 32.9 Å². The summed E-state index contributed by atoms with van der Waals surface area (Å²) in [6, 6.07) is 0.943. The Morgan fingerprint density at radius 3 is 2.69 bits per heavy atom. The van der Waals surface area contributed by atoms with E-state index in [1.54, 1.807) is 11.6 Å². The molecule has 0 radical (unpaired) electrons. The van der Waals surface area contributed by atoms with Crippen molar-refractivity contribution in [3.63, 3.8) is 0 Å². The van der Waals surface area contributed by atoms with Gasteiger partial charge in [-0.15, -0.1) is 11.3 Å². The SMILES string of the molecule is CCS(=O)c1nc(C2CC2)sc1-c1nc2cc(C(F)(F)F)ncc2n1C. The van der Waals surface area contributed by atoms with Crippen molar-refractivity contribution < 1.29 is 17.4 Å². The maximum absolute atomic E-state index is 12.9. The fraction of sp³-hybridized carbons (Fsp3) is 0.438. The molecular formula is C16H15F3N4OS2. The Kier molecular flexibility index (Phi) is 4.14. The molecule has 0 aromatic carbocycles. The summed E-state index contributed by atoms with van der Waals surface area (Å²) in [5.74, 6) is 1.29. The average molecular weight is 400 g/mol. The number of imidazole rings is 1. The Labute approximate surface area is 153 Å². The summed E-state index contributed by atoms with van der Waals surface area (Å²) in [6.45, 7) is 1.81. The largest absolute Gasteiger partial charge is 0.433 e. The van der Waals surface area contributed by atoms with Crippen molar-refractivity contribution in [3.05, 3.63) is 23.0 Å². The summed E-state index contributed by atoms with van der Waals surface area (Å²) in [4.78, 5) is 13.1. The van der Waals surface area contributed by atoms with Crippen LogP contribution in [0.15, 0.2) is 17.3 Å². The van der Waals surface area contributed by atoms with Crippen LogP contribution < -0.4 is 0 Å². The van der Waals surface area contributed by atoms with Gasteiger partial charge in [0.05, 0.1) is 33.0 Å². The molecule has 0 aliphatic heterocycles. The third-order valence-corrected chi connectivity index (χ3v) is 6.87. The van der Waals surface area contributed by atoms with Gasteiger partial charge in [-0.2, -0.15) is 13.2 Å². The van der Waals surface area contributed by atoms with Crippen molar-refractivity contribution in [2.45, 2.75) is 36.9 Å². The maximum atomic E-state index is 12.9. The molecule has 3 heterocycles. The fourth-order valence-corrected chi connectivity index (χ4v) is 5.09. The zero-order valence-corrected chi connectivity index (χ0v) is 15.6. The van der Waals surface area contributed by atoms with Crippen molar-refractivity contribution in [2.75, 3.05) is 5.75 Å². The van der Waals surface area contributed by atoms with E-state index in [1.807, 2.05) is 6.92 Å². The number of nitrogens with zero attached hydrogens (tertiary/aromatic N) is 4. The molecule has 26 heavy (non-hydrogen) atoms. The second-order valence-electron chi connectivity index (χ2n) is 6.15. The molecule has 3 aromatic heterocycles. The van der Waals surface area contributed by atoms with Crippen LogP contribution in [0.1, 0.15) is 36.4 Å². The lowest BCUT2D eigenvalue weighted by atomic mass is 10.3. The number of halogens is 3. The Balaban J connectivity index is 1.88. The highest BCUT2D eigenvalue weighted by Gasteiger charge is 2.34. The molecule has 0 N–H and O–H groups in total. The van der Waals surface area contributed by atoms with Crippen LogP contribution in [0.25, 0.3) is 21.7 Å². The smallest absolute Gasteiger partial charge is 0.325 e. The van der Waals surface area contributed by atoms with Crippen LogP contribution >= 0.6 is 11.3 Å². The molecule has 5 nitrogen and oxygen atoms in total. The predicted octanol–water partition coefficient (Wildman–Crippen LogP) is 4.12. The van der Waals surface area contributed by atoms with Crippen LogP contribution in [-0.4, -0.2) is 29.5 Å². The minimum absolute atomic E-state index is 0.208. The Hall–Kier alpha value is -1.81. The van der Waals surface area contributed by atoms with Gasteiger partial charge < -0.3 is 4.57 Å². The zero-order chi connectivity index (χ0) is 18.6. The van der Waals surface area contributed by atoms with Gasteiger partial charge in [-0.1, -0.05) is 6.92 Å². The van der Waals surface area contributed by atoms with Gasteiger partial charge in [-0.05, 0) is 18.9 Å². The molecular weight excluding hydrogens is 385 g/mol. The molecule has 1 aliphatic rings. The molecule has 10 heteroatoms. The molecule has 138 valence electrons. The molecule has 4 rings (SSSR count). The Morgan fingerprint density at radius 1 is 1.35 bits per heavy atom. The molecule has 0 bridgehead atoms. The average Bonchev–Trinajstić information content (AvgIpc) is 3.28. The monoisotopic (exact) mass is 400 g/mol. The van der Waals surface area contributed by atoms with Crippen molar-refractivity contribution in [1.29, 1.82) is 0 Å². The minimum atomic E-state index is -4.52. The molecule has 1 aliphatic carbocycles. The first kappa shape index (κ1) is 17.6. The van der Waals surface area contributed by atoms with Gasteiger partial charge >= 0.3 is 6.18 Å². The van der Waals surface area contributed by atoms with Crippen molar-refractivity contribution in [1.82, 2.24) is 19.5 Å². The number of thiazole rings is 1. The highest BCUT2D eigenvalue weighted by atomic mass is 32.2. The van der Waals surface area contributed by atoms with E-state index >= 15 is 0 Å². The molecule has 0 saturated heterocycles. The van der Waals surface area contributed by atoms with E-state index in [2.05, 4.69) is 15.0 Å². The first-order valence-corrected chi connectivity index (χ1v) is 10.2. The summed E-state index contributed by atoms with van der Waals surface area (Å²) in [7, 11) is 0.449. The lowest BCUT2D eigenvalue weighted by Gasteiger charge is -2.04. The first-order valence-electron chi connectivity index (χ1n) is 8.08. The maximum Gasteiger partial charge on any atom is 0.433 e. The van der Waals surface area contributed by atoms with Crippen LogP contribution in [0.3, 0.4) is 0 Å². The van der Waals surface area contributed by atoms with E-state index in [1.165, 1.54) is 17.5 Å². The summed E-state index contributed by atoms with van der Waals surface area (Å²) in [6.07, 6.45) is -1.22. The predicted molar refractivity (Wildman–Crippen MR) is 93.5 cm³/mol. The molecule has 1 fully saturated rings. The lowest BCUT2D eigenvalue weighted by Crippen LogP contribution is -2.07. The van der Waals surface area contributed by atoms with Crippen LogP contribution in [0, 0.1) is 0 Å². The van der Waals surface area contributed by atoms with Crippen molar-refractivity contribution >= 4 is 33.2 Å². The van der Waals surface area contributed by atoms with E-state index in [4.69, 9.17) is 0 Å². The normalized spacial score (nSPS) is 16.3. The van der Waals surface area contributed by atoms with Gasteiger partial charge in [0.25, 0.3) is 0 Å². The van der Waals surface area contributed by atoms with Gasteiger partial charge in [-0.3, -0.25) is 4.21 Å². The number of alkyl halides is 3. The number of pyridine rings is 1. The molecule has 0 spiro atoms. The standard InChI is InChI=1S/C16H15F3N4OS2/c1-3-26(24)15-12(25-14(22-15)8-4-5-8)13-21-9-6-11(16(17,18)19)20-7-10(9)23(13)2/h6-8H,3-5H2,1-2H3. The van der Waals surface area contributed by atoms with E-state index in [0.717, 1.165) is 23.9 Å². The van der Waals surface area contributed by atoms with Crippen molar-refractivity contribution in [2.24, 2.45) is 7.05 Å². The lowest BCUT2D eigenvalue weighted by molar-refractivity contribution is -0.141. The van der Waals surface area contributed by atoms with Gasteiger partial charge in [0.1, 0.15) is 15.6 Å². The van der Waals surface area contributed by atoms with E-state index in [-0.39, 0.29) is 5.52 Å². The summed E-state index contributed by atoms with van der Waals surface area (Å²) < 4.78 is 52.9. The third-order valence-electron chi connectivity index (χ3n) is 4.28. The molecule has 0 amide bonds. The summed E-state index contributed by atoms with van der Waals surface area (Å²) in [5.41, 5.74) is -0.281. The Bertz CT molecular complexity index is 1020.